The lowest BCUT2D eigenvalue weighted by Crippen LogP contribution is -2.46. The maximum atomic E-state index is 2.72. The van der Waals surface area contributed by atoms with Crippen LogP contribution in [0.1, 0.15) is 78.5 Å². The average Bonchev–Trinajstić information content (AvgIpc) is 3.69. The zero-order chi connectivity index (χ0) is 35.4. The molecule has 0 aliphatic carbocycles. The van der Waals surface area contributed by atoms with Crippen LogP contribution in [0.15, 0.2) is 176 Å². The highest BCUT2D eigenvalue weighted by Gasteiger charge is 2.54. The van der Waals surface area contributed by atoms with Crippen molar-refractivity contribution in [2.45, 2.75) is 45.1 Å². The van der Waals surface area contributed by atoms with Crippen LogP contribution in [-0.4, -0.2) is 4.57 Å². The van der Waals surface area contributed by atoms with Crippen molar-refractivity contribution in [3.8, 4) is 5.69 Å². The van der Waals surface area contributed by atoms with Crippen LogP contribution in [0.4, 0.5) is 5.69 Å². The van der Waals surface area contributed by atoms with Gasteiger partial charge in [-0.05, 0) is 75.0 Å². The predicted molar refractivity (Wildman–Crippen MR) is 219 cm³/mol. The molecular weight excluding hydrogens is 629 g/mol. The van der Waals surface area contributed by atoms with Crippen molar-refractivity contribution in [2.24, 2.45) is 0 Å². The van der Waals surface area contributed by atoms with E-state index in [2.05, 4.69) is 213 Å². The van der Waals surface area contributed by atoms with E-state index >= 15 is 0 Å². The summed E-state index contributed by atoms with van der Waals surface area (Å²) in [6, 6.07) is 66.4. The van der Waals surface area contributed by atoms with Gasteiger partial charge in [0.15, 0.2) is 0 Å². The third kappa shape index (κ3) is 4.78. The molecule has 2 nitrogen and oxygen atoms in total. The molecule has 253 valence electrons. The topological polar surface area (TPSA) is 8.17 Å². The smallest absolute Gasteiger partial charge is 0.124 e. The summed E-state index contributed by atoms with van der Waals surface area (Å²) in [5, 5.41) is 2.55. The Kier molecular flexibility index (Phi) is 7.85. The lowest BCUT2D eigenvalue weighted by atomic mass is 9.76. The van der Waals surface area contributed by atoms with Crippen LogP contribution >= 0.6 is 0 Å². The molecule has 7 aromatic carbocycles. The van der Waals surface area contributed by atoms with Gasteiger partial charge in [-0.2, -0.15) is 0 Å². The summed E-state index contributed by atoms with van der Waals surface area (Å²) >= 11 is 0. The summed E-state index contributed by atoms with van der Waals surface area (Å²) in [6.07, 6.45) is 0. The first-order valence-corrected chi connectivity index (χ1v) is 18.6. The highest BCUT2D eigenvalue weighted by atomic mass is 15.3. The van der Waals surface area contributed by atoms with Gasteiger partial charge in [-0.15, -0.1) is 0 Å². The number of para-hydroxylation sites is 3. The molecule has 0 saturated carbocycles. The van der Waals surface area contributed by atoms with E-state index in [0.717, 1.165) is 5.69 Å². The summed E-state index contributed by atoms with van der Waals surface area (Å²) in [5.74, 6) is 0.640. The van der Waals surface area contributed by atoms with Crippen LogP contribution in [-0.2, 0) is 5.54 Å². The Labute approximate surface area is 307 Å². The number of hydrogen-bond donors (Lipinski definition) is 0. The predicted octanol–water partition coefficient (Wildman–Crippen LogP) is 12.8. The largest absolute Gasteiger partial charge is 0.336 e. The van der Waals surface area contributed by atoms with Gasteiger partial charge in [0.2, 0.25) is 0 Å². The summed E-state index contributed by atoms with van der Waals surface area (Å²) in [5.41, 5.74) is 13.2. The number of nitrogens with zero attached hydrogens (tertiary/aromatic N) is 2. The van der Waals surface area contributed by atoms with Gasteiger partial charge in [-0.1, -0.05) is 179 Å². The maximum absolute atomic E-state index is 2.72. The van der Waals surface area contributed by atoms with Crippen LogP contribution in [0.3, 0.4) is 0 Å². The SMILES string of the molecule is CC(C)c1cccc(C(C)C)c1N1[C](c2ccc(-n3c4ccccc4c4ccccc43)cc2)c2ccccc2C1(c1ccccc1)c1ccccc1. The number of anilines is 1. The monoisotopic (exact) mass is 671 g/mol. The van der Waals surface area contributed by atoms with E-state index in [1.54, 1.807) is 0 Å². The first kappa shape index (κ1) is 32.1. The molecule has 0 amide bonds. The van der Waals surface area contributed by atoms with E-state index in [9.17, 15) is 0 Å². The quantitative estimate of drug-likeness (QED) is 0.164. The molecule has 0 fully saturated rings. The Morgan fingerprint density at radius 1 is 0.442 bits per heavy atom. The normalized spacial score (nSPS) is 14.2. The summed E-state index contributed by atoms with van der Waals surface area (Å²) in [6.45, 7) is 9.33. The second kappa shape index (κ2) is 12.7. The molecule has 8 aromatic rings. The molecule has 0 bridgehead atoms. The summed E-state index contributed by atoms with van der Waals surface area (Å²) < 4.78 is 2.41. The van der Waals surface area contributed by atoms with Crippen molar-refractivity contribution < 1.29 is 0 Å². The number of fused-ring (bicyclic) bond motifs is 4. The van der Waals surface area contributed by atoms with E-state index in [4.69, 9.17) is 0 Å². The van der Waals surface area contributed by atoms with Crippen LogP contribution in [0.25, 0.3) is 27.5 Å². The molecule has 52 heavy (non-hydrogen) atoms. The molecule has 2 heteroatoms. The molecule has 0 N–H and O–H groups in total. The Bertz CT molecular complexity index is 2400. The molecule has 0 unspecified atom stereocenters. The molecule has 0 atom stereocenters. The van der Waals surface area contributed by atoms with Crippen LogP contribution < -0.4 is 4.90 Å². The van der Waals surface area contributed by atoms with E-state index < -0.39 is 5.54 Å². The third-order valence-corrected chi connectivity index (χ3v) is 11.1. The van der Waals surface area contributed by atoms with Gasteiger partial charge in [-0.3, -0.25) is 0 Å². The van der Waals surface area contributed by atoms with Gasteiger partial charge in [0.1, 0.15) is 11.6 Å². The summed E-state index contributed by atoms with van der Waals surface area (Å²) in [7, 11) is 0. The fraction of sp³-hybridized carbons (Fsp3) is 0.140. The van der Waals surface area contributed by atoms with E-state index in [0.29, 0.717) is 11.8 Å². The molecule has 1 aliphatic heterocycles. The van der Waals surface area contributed by atoms with Crippen molar-refractivity contribution in [3.05, 3.63) is 221 Å². The van der Waals surface area contributed by atoms with Crippen molar-refractivity contribution in [1.82, 2.24) is 4.57 Å². The summed E-state index contributed by atoms with van der Waals surface area (Å²) in [4.78, 5) is 2.72. The Morgan fingerprint density at radius 3 is 1.46 bits per heavy atom. The molecule has 1 radical (unpaired) electrons. The van der Waals surface area contributed by atoms with Gasteiger partial charge in [-0.25, -0.2) is 0 Å². The molecule has 0 saturated heterocycles. The first-order chi connectivity index (χ1) is 25.5. The van der Waals surface area contributed by atoms with E-state index in [-0.39, 0.29) is 0 Å². The second-order valence-electron chi connectivity index (χ2n) is 14.7. The first-order valence-electron chi connectivity index (χ1n) is 18.6. The van der Waals surface area contributed by atoms with Crippen LogP contribution in [0.5, 0.6) is 0 Å². The van der Waals surface area contributed by atoms with Gasteiger partial charge in [0.25, 0.3) is 0 Å². The molecule has 0 spiro atoms. The van der Waals surface area contributed by atoms with Crippen molar-refractivity contribution in [2.75, 3.05) is 4.90 Å². The zero-order valence-corrected chi connectivity index (χ0v) is 30.3. The minimum Gasteiger partial charge on any atom is -0.336 e. The average molecular weight is 672 g/mol. The number of aromatic nitrogens is 1. The lowest BCUT2D eigenvalue weighted by Gasteiger charge is -2.46. The van der Waals surface area contributed by atoms with Gasteiger partial charge >= 0.3 is 0 Å². The Hall–Kier alpha value is -5.86. The zero-order valence-electron chi connectivity index (χ0n) is 30.3. The maximum Gasteiger partial charge on any atom is 0.124 e. The lowest BCUT2D eigenvalue weighted by molar-refractivity contribution is 0.613. The second-order valence-corrected chi connectivity index (χ2v) is 14.7. The molecule has 1 aliphatic rings. The highest BCUT2D eigenvalue weighted by Crippen LogP contribution is 2.59. The number of hydrogen-bond acceptors (Lipinski definition) is 1. The third-order valence-electron chi connectivity index (χ3n) is 11.1. The van der Waals surface area contributed by atoms with Gasteiger partial charge in [0, 0.05) is 22.1 Å². The fourth-order valence-corrected chi connectivity index (χ4v) is 8.81. The molecule has 9 rings (SSSR count). The van der Waals surface area contributed by atoms with E-state index in [1.807, 2.05) is 0 Å². The number of benzene rings is 7. The highest BCUT2D eigenvalue weighted by molar-refractivity contribution is 6.09. The fourth-order valence-electron chi connectivity index (χ4n) is 8.81. The van der Waals surface area contributed by atoms with Crippen LogP contribution in [0, 0.1) is 6.04 Å². The van der Waals surface area contributed by atoms with Gasteiger partial charge < -0.3 is 9.47 Å². The standard InChI is InChI=1S/C50H43N2/c1-34(2)40-25-17-26-41(35(3)4)49(40)52-48(36-30-32-39(33-31-36)51-46-28-15-12-22-42(46)43-23-13-16-29-47(43)51)44-24-11-14-27-45(44)50(52,37-18-7-5-8-19-37)38-20-9-6-10-21-38/h5-35H,1-4H3. The molecule has 2 heterocycles. The van der Waals surface area contributed by atoms with Crippen molar-refractivity contribution in [3.63, 3.8) is 0 Å². The van der Waals surface area contributed by atoms with Crippen LogP contribution in [0.2, 0.25) is 0 Å². The van der Waals surface area contributed by atoms with E-state index in [1.165, 1.54) is 72.5 Å². The molecule has 1 aromatic heterocycles. The van der Waals surface area contributed by atoms with Crippen molar-refractivity contribution in [1.29, 1.82) is 0 Å². The Morgan fingerprint density at radius 2 is 0.923 bits per heavy atom. The van der Waals surface area contributed by atoms with Gasteiger partial charge in [0.05, 0.1) is 11.0 Å². The molecular formula is C50H43N2. The van der Waals surface area contributed by atoms with Crippen molar-refractivity contribution >= 4 is 27.5 Å². The number of rotatable bonds is 7. The minimum absolute atomic E-state index is 0.320. The Balaban J connectivity index is 1.35. The minimum atomic E-state index is -0.616.